The van der Waals surface area contributed by atoms with Crippen molar-refractivity contribution in [1.29, 1.82) is 5.41 Å². The maximum Gasteiger partial charge on any atom is 0.416 e. The molecule has 7 nitrogen and oxygen atoms in total. The summed E-state index contributed by atoms with van der Waals surface area (Å²) in [6.07, 6.45) is 2.51. The fourth-order valence-corrected chi connectivity index (χ4v) is 4.41. The van der Waals surface area contributed by atoms with Gasteiger partial charge in [-0.05, 0) is 37.5 Å². The third-order valence-electron chi connectivity index (χ3n) is 4.38. The van der Waals surface area contributed by atoms with Crippen molar-refractivity contribution >= 4 is 27.9 Å². The molecule has 0 radical (unpaired) electrons. The van der Waals surface area contributed by atoms with Crippen molar-refractivity contribution < 1.29 is 31.5 Å². The van der Waals surface area contributed by atoms with Crippen molar-refractivity contribution in [1.82, 2.24) is 4.72 Å². The maximum atomic E-state index is 13.1. The van der Waals surface area contributed by atoms with Gasteiger partial charge in [0.05, 0.1) is 10.5 Å². The second kappa shape index (κ2) is 8.75. The molecule has 2 rings (SSSR count). The molecule has 0 saturated heterocycles. The molecule has 0 bridgehead atoms. The number of alkyl halides is 3. The highest BCUT2D eigenvalue weighted by atomic mass is 32.2. The monoisotopic (exact) mass is 429 g/mol. The summed E-state index contributed by atoms with van der Waals surface area (Å²) in [7, 11) is -4.39. The predicted molar refractivity (Wildman–Crippen MR) is 99.6 cm³/mol. The van der Waals surface area contributed by atoms with E-state index < -0.39 is 51.1 Å². The Balaban J connectivity index is 2.37. The van der Waals surface area contributed by atoms with Crippen LogP contribution in [0.5, 0.6) is 0 Å². The van der Waals surface area contributed by atoms with Crippen molar-refractivity contribution in [2.45, 2.75) is 36.4 Å². The molecule has 0 aliphatic heterocycles. The molecule has 0 heterocycles. The minimum atomic E-state index is -4.78. The summed E-state index contributed by atoms with van der Waals surface area (Å²) in [4.78, 5) is 14.0. The second-order valence-corrected chi connectivity index (χ2v) is 8.12. The molecule has 11 heteroatoms. The van der Waals surface area contributed by atoms with Crippen LogP contribution in [0.3, 0.4) is 0 Å². The van der Waals surface area contributed by atoms with Gasteiger partial charge in [-0.2, -0.15) is 13.2 Å². The first-order chi connectivity index (χ1) is 13.5. The van der Waals surface area contributed by atoms with Crippen LogP contribution in [-0.4, -0.2) is 44.0 Å². The number of hydrogen-bond donors (Lipinski definition) is 3. The number of hydrogen-bond acceptors (Lipinski definition) is 5. The van der Waals surface area contributed by atoms with Crippen LogP contribution in [0.25, 0.3) is 0 Å². The minimum Gasteiger partial charge on any atom is -0.480 e. The van der Waals surface area contributed by atoms with E-state index >= 15 is 0 Å². The summed E-state index contributed by atoms with van der Waals surface area (Å²) >= 11 is 0. The van der Waals surface area contributed by atoms with Gasteiger partial charge in [-0.1, -0.05) is 5.92 Å². The number of nitrogens with one attached hydrogen (secondary N) is 2. The number of aliphatic carboxylic acids is 1. The van der Waals surface area contributed by atoms with Gasteiger partial charge in [-0.25, -0.2) is 13.1 Å². The number of sulfonamides is 1. The molecule has 29 heavy (non-hydrogen) atoms. The molecule has 156 valence electrons. The molecular weight excluding hydrogens is 411 g/mol. The van der Waals surface area contributed by atoms with Crippen LogP contribution < -0.4 is 4.72 Å². The number of carbonyl (C=O) groups is 1. The van der Waals surface area contributed by atoms with E-state index in [-0.39, 0.29) is 5.56 Å². The summed E-state index contributed by atoms with van der Waals surface area (Å²) in [5, 5.41) is 16.3. The normalized spacial score (nSPS) is 21.5. The number of carboxylic acid groups (broad SMARTS) is 1. The zero-order valence-corrected chi connectivity index (χ0v) is 15.8. The maximum absolute atomic E-state index is 13.1. The quantitative estimate of drug-likeness (QED) is 0.475. The Kier molecular flexibility index (Phi) is 6.81. The van der Waals surface area contributed by atoms with E-state index in [1.54, 1.807) is 0 Å². The van der Waals surface area contributed by atoms with Crippen molar-refractivity contribution in [2.24, 2.45) is 10.9 Å². The van der Waals surface area contributed by atoms with Gasteiger partial charge in [0, 0.05) is 29.4 Å². The SMILES string of the molecule is C#Cc1cc(C(F)(F)F)cc(S(=O)(=O)NC2CCCC(=NCC(=O)O)C2C=N)c1. The lowest BCUT2D eigenvalue weighted by atomic mass is 9.84. The van der Waals surface area contributed by atoms with Crippen LogP contribution in [0.15, 0.2) is 28.1 Å². The molecule has 0 amide bonds. The molecule has 1 aliphatic rings. The Morgan fingerprint density at radius 2 is 2.10 bits per heavy atom. The van der Waals surface area contributed by atoms with E-state index in [1.165, 1.54) is 0 Å². The van der Waals surface area contributed by atoms with Crippen LogP contribution in [0.4, 0.5) is 13.2 Å². The molecule has 1 aliphatic carbocycles. The standard InChI is InChI=1S/C18H18F3N3O4S/c1-2-11-6-12(18(19,20)21)8-13(7-11)29(27,28)24-16-5-3-4-15(14(16)9-22)23-10-17(25)26/h1,6-9,14,16,22,24H,3-5,10H2,(H,25,26). The van der Waals surface area contributed by atoms with Crippen LogP contribution in [0, 0.1) is 23.7 Å². The first kappa shape index (κ1) is 22.6. The van der Waals surface area contributed by atoms with Crippen LogP contribution in [-0.2, 0) is 21.0 Å². The number of aliphatic imine (C=N–C) groups is 1. The van der Waals surface area contributed by atoms with Gasteiger partial charge in [0.25, 0.3) is 0 Å². The molecule has 2 unspecified atom stereocenters. The zero-order valence-electron chi connectivity index (χ0n) is 15.0. The Morgan fingerprint density at radius 3 is 2.66 bits per heavy atom. The Labute approximate surface area is 165 Å². The lowest BCUT2D eigenvalue weighted by Gasteiger charge is -2.30. The summed E-state index contributed by atoms with van der Waals surface area (Å²) in [5.74, 6) is 0.0397. The van der Waals surface area contributed by atoms with E-state index in [9.17, 15) is 26.4 Å². The number of nitrogens with zero attached hydrogens (tertiary/aromatic N) is 1. The summed E-state index contributed by atoms with van der Waals surface area (Å²) in [6.45, 7) is -0.516. The number of rotatable bonds is 6. The molecule has 1 aromatic carbocycles. The number of halogens is 3. The average Bonchev–Trinajstić information content (AvgIpc) is 2.65. The zero-order chi connectivity index (χ0) is 21.8. The smallest absolute Gasteiger partial charge is 0.416 e. The Hall–Kier alpha value is -2.71. The molecule has 2 atom stereocenters. The van der Waals surface area contributed by atoms with E-state index in [0.717, 1.165) is 12.3 Å². The van der Waals surface area contributed by atoms with Crippen molar-refractivity contribution in [3.8, 4) is 12.3 Å². The number of benzene rings is 1. The topological polar surface area (TPSA) is 120 Å². The Morgan fingerprint density at radius 1 is 1.41 bits per heavy atom. The second-order valence-electron chi connectivity index (χ2n) is 6.40. The molecule has 0 aromatic heterocycles. The molecule has 1 aromatic rings. The average molecular weight is 429 g/mol. The summed E-state index contributed by atoms with van der Waals surface area (Å²) < 4.78 is 67.0. The molecular formula is C18H18F3N3O4S. The van der Waals surface area contributed by atoms with Gasteiger partial charge < -0.3 is 10.5 Å². The third-order valence-corrected chi connectivity index (χ3v) is 5.85. The molecule has 3 N–H and O–H groups in total. The molecule has 1 saturated carbocycles. The lowest BCUT2D eigenvalue weighted by Crippen LogP contribution is -2.46. The number of carboxylic acids is 1. The fraction of sp³-hybridized carbons (Fsp3) is 0.389. The van der Waals surface area contributed by atoms with Gasteiger partial charge in [-0.15, -0.1) is 6.42 Å². The first-order valence-electron chi connectivity index (χ1n) is 8.44. The van der Waals surface area contributed by atoms with E-state index in [2.05, 4.69) is 9.71 Å². The van der Waals surface area contributed by atoms with Crippen LogP contribution >= 0.6 is 0 Å². The highest BCUT2D eigenvalue weighted by Crippen LogP contribution is 2.32. The fourth-order valence-electron chi connectivity index (χ4n) is 3.05. The van der Waals surface area contributed by atoms with E-state index in [4.69, 9.17) is 16.9 Å². The van der Waals surface area contributed by atoms with Crippen molar-refractivity contribution in [3.05, 3.63) is 29.3 Å². The number of terminal acetylenes is 1. The summed E-state index contributed by atoms with van der Waals surface area (Å²) in [6, 6.07) is 1.28. The Bertz CT molecular complexity index is 981. The van der Waals surface area contributed by atoms with Crippen LogP contribution in [0.2, 0.25) is 0 Å². The van der Waals surface area contributed by atoms with E-state index in [0.29, 0.717) is 37.1 Å². The van der Waals surface area contributed by atoms with Crippen molar-refractivity contribution in [3.63, 3.8) is 0 Å². The van der Waals surface area contributed by atoms with Gasteiger partial charge in [0.2, 0.25) is 10.0 Å². The van der Waals surface area contributed by atoms with Gasteiger partial charge in [0.15, 0.2) is 0 Å². The minimum absolute atomic E-state index is 0.240. The third kappa shape index (κ3) is 5.65. The first-order valence-corrected chi connectivity index (χ1v) is 9.93. The largest absolute Gasteiger partial charge is 0.480 e. The van der Waals surface area contributed by atoms with E-state index in [1.807, 2.05) is 5.92 Å². The van der Waals surface area contributed by atoms with Gasteiger partial charge in [0.1, 0.15) is 6.54 Å². The van der Waals surface area contributed by atoms with Crippen LogP contribution in [0.1, 0.15) is 30.4 Å². The molecule has 1 fully saturated rings. The highest BCUT2D eigenvalue weighted by Gasteiger charge is 2.35. The molecule has 0 spiro atoms. The lowest BCUT2D eigenvalue weighted by molar-refractivity contribution is -0.138. The van der Waals surface area contributed by atoms with Crippen molar-refractivity contribution in [2.75, 3.05) is 6.54 Å². The summed E-state index contributed by atoms with van der Waals surface area (Å²) in [5.41, 5.74) is -1.07. The van der Waals surface area contributed by atoms with Gasteiger partial charge in [-0.3, -0.25) is 9.79 Å². The highest BCUT2D eigenvalue weighted by molar-refractivity contribution is 7.89. The predicted octanol–water partition coefficient (Wildman–Crippen LogP) is 2.31. The van der Waals surface area contributed by atoms with Gasteiger partial charge >= 0.3 is 12.1 Å².